The molecule has 1 fully saturated rings. The zero-order valence-electron chi connectivity index (χ0n) is 18.4. The molecule has 1 unspecified atom stereocenters. The van der Waals surface area contributed by atoms with Gasteiger partial charge in [-0.3, -0.25) is 18.3 Å². The number of benzene rings is 1. The Morgan fingerprint density at radius 2 is 1.94 bits per heavy atom. The number of aromatic nitrogens is 5. The number of rotatable bonds is 4. The number of ether oxygens (including phenoxy) is 1. The highest BCUT2D eigenvalue weighted by Crippen LogP contribution is 2.23. The Kier molecular flexibility index (Phi) is 4.62. The number of imidazole rings is 2. The van der Waals surface area contributed by atoms with Crippen LogP contribution in [0, 0.1) is 20.8 Å². The summed E-state index contributed by atoms with van der Waals surface area (Å²) in [6.07, 6.45) is 2.23. The van der Waals surface area contributed by atoms with Gasteiger partial charge in [0.05, 0.1) is 19.2 Å². The largest absolute Gasteiger partial charge is 0.376 e. The lowest BCUT2D eigenvalue weighted by Gasteiger charge is -2.12. The number of nitrogens with zero attached hydrogens (tertiary/aromatic N) is 5. The molecule has 4 heterocycles. The lowest BCUT2D eigenvalue weighted by Crippen LogP contribution is -2.39. The van der Waals surface area contributed by atoms with Gasteiger partial charge in [-0.1, -0.05) is 29.8 Å². The molecule has 162 valence electrons. The molecule has 0 saturated carbocycles. The second-order valence-corrected chi connectivity index (χ2v) is 8.56. The van der Waals surface area contributed by atoms with E-state index in [1.54, 1.807) is 7.05 Å². The fraction of sp³-hybridized carbons (Fsp3) is 0.435. The lowest BCUT2D eigenvalue weighted by atomic mass is 10.1. The van der Waals surface area contributed by atoms with Crippen LogP contribution in [0.5, 0.6) is 0 Å². The van der Waals surface area contributed by atoms with Crippen molar-refractivity contribution in [3.05, 3.63) is 67.6 Å². The molecule has 0 aliphatic carbocycles. The Bertz CT molecular complexity index is 1430. The fourth-order valence-corrected chi connectivity index (χ4v) is 4.66. The van der Waals surface area contributed by atoms with E-state index in [-0.39, 0.29) is 23.9 Å². The molecule has 1 aliphatic rings. The zero-order chi connectivity index (χ0) is 21.9. The van der Waals surface area contributed by atoms with Crippen molar-refractivity contribution >= 4 is 16.9 Å². The van der Waals surface area contributed by atoms with Crippen LogP contribution in [0.3, 0.4) is 0 Å². The summed E-state index contributed by atoms with van der Waals surface area (Å²) in [4.78, 5) is 31.3. The van der Waals surface area contributed by atoms with Crippen molar-refractivity contribution in [2.24, 2.45) is 7.05 Å². The maximum atomic E-state index is 13.5. The van der Waals surface area contributed by atoms with E-state index in [1.807, 2.05) is 49.4 Å². The minimum atomic E-state index is -0.361. The van der Waals surface area contributed by atoms with Crippen molar-refractivity contribution in [3.63, 3.8) is 0 Å². The number of fused-ring (bicyclic) bond motifs is 3. The van der Waals surface area contributed by atoms with Gasteiger partial charge in [0.1, 0.15) is 0 Å². The standard InChI is InChI=1S/C23H27N5O3/c1-14-7-5-8-17(11-14)12-27-21(29)19-20(25(4)23(27)30)24-22-26(13-18-9-6-10-31-18)15(2)16(3)28(19)22/h5,7-8,11,18H,6,9-10,12-13H2,1-4H3. The fourth-order valence-electron chi connectivity index (χ4n) is 4.66. The SMILES string of the molecule is Cc1cccc(Cn2c(=O)c3c(nc4n(CC5CCCO5)c(C)c(C)n34)n(C)c2=O)c1. The third-order valence-corrected chi connectivity index (χ3v) is 6.46. The molecular weight excluding hydrogens is 394 g/mol. The maximum Gasteiger partial charge on any atom is 0.332 e. The third-order valence-electron chi connectivity index (χ3n) is 6.46. The van der Waals surface area contributed by atoms with E-state index in [4.69, 9.17) is 9.72 Å². The van der Waals surface area contributed by atoms with Crippen LogP contribution in [-0.4, -0.2) is 35.8 Å². The van der Waals surface area contributed by atoms with Gasteiger partial charge in [0.15, 0.2) is 11.2 Å². The first-order valence-corrected chi connectivity index (χ1v) is 10.7. The van der Waals surface area contributed by atoms with Crippen LogP contribution >= 0.6 is 0 Å². The highest BCUT2D eigenvalue weighted by atomic mass is 16.5. The monoisotopic (exact) mass is 421 g/mol. The highest BCUT2D eigenvalue weighted by molar-refractivity contribution is 5.76. The Morgan fingerprint density at radius 1 is 1.13 bits per heavy atom. The molecule has 0 N–H and O–H groups in total. The minimum Gasteiger partial charge on any atom is -0.376 e. The van der Waals surface area contributed by atoms with Gasteiger partial charge in [0.25, 0.3) is 5.56 Å². The molecular formula is C23H27N5O3. The van der Waals surface area contributed by atoms with Crippen LogP contribution in [0.15, 0.2) is 33.9 Å². The molecule has 31 heavy (non-hydrogen) atoms. The van der Waals surface area contributed by atoms with E-state index in [0.29, 0.717) is 23.5 Å². The first-order chi connectivity index (χ1) is 14.9. The number of aryl methyl sites for hydroxylation is 3. The third kappa shape index (κ3) is 3.05. The first-order valence-electron chi connectivity index (χ1n) is 10.7. The Labute approximate surface area is 179 Å². The summed E-state index contributed by atoms with van der Waals surface area (Å²) in [7, 11) is 1.68. The van der Waals surface area contributed by atoms with E-state index in [1.165, 1.54) is 9.13 Å². The Hall–Kier alpha value is -3.13. The van der Waals surface area contributed by atoms with Gasteiger partial charge in [-0.05, 0) is 39.2 Å². The van der Waals surface area contributed by atoms with Gasteiger partial charge in [0, 0.05) is 25.0 Å². The van der Waals surface area contributed by atoms with Crippen molar-refractivity contribution < 1.29 is 4.74 Å². The van der Waals surface area contributed by atoms with Crippen LogP contribution < -0.4 is 11.2 Å². The average molecular weight is 422 g/mol. The van der Waals surface area contributed by atoms with Crippen molar-refractivity contribution in [3.8, 4) is 0 Å². The first kappa shape index (κ1) is 19.8. The maximum absolute atomic E-state index is 13.5. The average Bonchev–Trinajstić information content (AvgIpc) is 3.44. The quantitative estimate of drug-likeness (QED) is 0.507. The summed E-state index contributed by atoms with van der Waals surface area (Å²) in [5.74, 6) is 0.681. The molecule has 4 aromatic rings. The van der Waals surface area contributed by atoms with Gasteiger partial charge < -0.3 is 9.30 Å². The van der Waals surface area contributed by atoms with E-state index in [0.717, 1.165) is 42.0 Å². The highest BCUT2D eigenvalue weighted by Gasteiger charge is 2.25. The molecule has 0 bridgehead atoms. The molecule has 0 amide bonds. The molecule has 8 heteroatoms. The zero-order valence-corrected chi connectivity index (χ0v) is 18.4. The summed E-state index contributed by atoms with van der Waals surface area (Å²) in [6.45, 7) is 7.73. The molecule has 0 radical (unpaired) electrons. The second-order valence-electron chi connectivity index (χ2n) is 8.56. The van der Waals surface area contributed by atoms with Gasteiger partial charge in [-0.25, -0.2) is 4.79 Å². The molecule has 1 atom stereocenters. The van der Waals surface area contributed by atoms with Gasteiger partial charge in [0.2, 0.25) is 5.78 Å². The van der Waals surface area contributed by atoms with E-state index in [9.17, 15) is 9.59 Å². The molecule has 1 aliphatic heterocycles. The molecule has 0 spiro atoms. The van der Waals surface area contributed by atoms with Gasteiger partial charge in [-0.2, -0.15) is 4.98 Å². The minimum absolute atomic E-state index is 0.149. The van der Waals surface area contributed by atoms with E-state index < -0.39 is 0 Å². The number of hydrogen-bond donors (Lipinski definition) is 0. The van der Waals surface area contributed by atoms with Crippen molar-refractivity contribution in [2.45, 2.75) is 52.8 Å². The van der Waals surface area contributed by atoms with E-state index in [2.05, 4.69) is 4.57 Å². The van der Waals surface area contributed by atoms with Crippen molar-refractivity contribution in [1.29, 1.82) is 0 Å². The normalized spacial score (nSPS) is 16.7. The predicted octanol–water partition coefficient (Wildman–Crippen LogP) is 2.30. The second kappa shape index (κ2) is 7.23. The molecule has 1 saturated heterocycles. The van der Waals surface area contributed by atoms with Crippen LogP contribution in [-0.2, 0) is 24.9 Å². The summed E-state index contributed by atoms with van der Waals surface area (Å²) >= 11 is 0. The summed E-state index contributed by atoms with van der Waals surface area (Å²) in [5.41, 5.74) is 4.19. The Morgan fingerprint density at radius 3 is 2.65 bits per heavy atom. The molecule has 5 rings (SSSR count). The van der Waals surface area contributed by atoms with Crippen LogP contribution in [0.2, 0.25) is 0 Å². The number of hydrogen-bond acceptors (Lipinski definition) is 4. The summed E-state index contributed by atoms with van der Waals surface area (Å²) in [6, 6.07) is 7.86. The smallest absolute Gasteiger partial charge is 0.332 e. The molecule has 1 aromatic carbocycles. The van der Waals surface area contributed by atoms with E-state index >= 15 is 0 Å². The van der Waals surface area contributed by atoms with Crippen molar-refractivity contribution in [2.75, 3.05) is 6.61 Å². The Balaban J connectivity index is 1.74. The predicted molar refractivity (Wildman–Crippen MR) is 119 cm³/mol. The van der Waals surface area contributed by atoms with Crippen LogP contribution in [0.4, 0.5) is 0 Å². The molecule has 8 nitrogen and oxygen atoms in total. The molecule has 3 aromatic heterocycles. The van der Waals surface area contributed by atoms with Gasteiger partial charge in [-0.15, -0.1) is 0 Å². The topological polar surface area (TPSA) is 75.5 Å². The van der Waals surface area contributed by atoms with Crippen LogP contribution in [0.25, 0.3) is 16.9 Å². The lowest BCUT2D eigenvalue weighted by molar-refractivity contribution is 0.0974. The van der Waals surface area contributed by atoms with Gasteiger partial charge >= 0.3 is 5.69 Å². The summed E-state index contributed by atoms with van der Waals surface area (Å²) in [5, 5.41) is 0. The van der Waals surface area contributed by atoms with Crippen molar-refractivity contribution in [1.82, 2.24) is 23.1 Å². The van der Waals surface area contributed by atoms with Crippen LogP contribution in [0.1, 0.15) is 35.4 Å². The summed E-state index contributed by atoms with van der Waals surface area (Å²) < 4.78 is 12.6.